The summed E-state index contributed by atoms with van der Waals surface area (Å²) in [7, 11) is 0. The lowest BCUT2D eigenvalue weighted by Crippen LogP contribution is -2.25. The van der Waals surface area contributed by atoms with Gasteiger partial charge < -0.3 is 5.32 Å². The fourth-order valence-electron chi connectivity index (χ4n) is 1.87. The first kappa shape index (κ1) is 14.7. The Hall–Kier alpha value is -1.69. The van der Waals surface area contributed by atoms with Gasteiger partial charge in [-0.05, 0) is 25.8 Å². The van der Waals surface area contributed by atoms with E-state index >= 15 is 0 Å². The Labute approximate surface area is 122 Å². The normalized spacial score (nSPS) is 11.1. The van der Waals surface area contributed by atoms with Crippen molar-refractivity contribution < 1.29 is 0 Å². The Balaban J connectivity index is 2.53. The van der Waals surface area contributed by atoms with Crippen LogP contribution in [-0.4, -0.2) is 21.3 Å². The second-order valence-electron chi connectivity index (χ2n) is 4.83. The summed E-state index contributed by atoms with van der Waals surface area (Å²) >= 11 is 1.51. The molecule has 0 atom stereocenters. The first-order valence-electron chi connectivity index (χ1n) is 6.88. The number of anilines is 1. The smallest absolute Gasteiger partial charge is 0.276 e. The van der Waals surface area contributed by atoms with Gasteiger partial charge in [0.25, 0.3) is 5.56 Å². The maximum absolute atomic E-state index is 12.4. The molecule has 0 fully saturated rings. The van der Waals surface area contributed by atoms with Crippen molar-refractivity contribution in [3.63, 3.8) is 0 Å². The number of nitrogens with zero attached hydrogens (tertiary/aromatic N) is 3. The van der Waals surface area contributed by atoms with Crippen molar-refractivity contribution in [2.75, 3.05) is 11.9 Å². The largest absolute Gasteiger partial charge is 0.362 e. The SMILES string of the molecule is CCNc1nc(-c2cc(C(C)C)nn(CC)c2=O)cs1. The highest BCUT2D eigenvalue weighted by molar-refractivity contribution is 7.14. The van der Waals surface area contributed by atoms with E-state index < -0.39 is 0 Å². The maximum atomic E-state index is 12.4. The average molecular weight is 292 g/mol. The number of thiazole rings is 1. The highest BCUT2D eigenvalue weighted by atomic mass is 32.1. The number of aromatic nitrogens is 3. The molecule has 108 valence electrons. The molecule has 2 rings (SSSR count). The summed E-state index contributed by atoms with van der Waals surface area (Å²) in [5.41, 5.74) is 2.19. The fraction of sp³-hybridized carbons (Fsp3) is 0.500. The highest BCUT2D eigenvalue weighted by Crippen LogP contribution is 2.24. The van der Waals surface area contributed by atoms with Crippen LogP contribution in [0.15, 0.2) is 16.2 Å². The van der Waals surface area contributed by atoms with Gasteiger partial charge in [-0.2, -0.15) is 5.10 Å². The zero-order valence-electron chi connectivity index (χ0n) is 12.3. The Morgan fingerprint density at radius 2 is 2.15 bits per heavy atom. The van der Waals surface area contributed by atoms with E-state index in [1.165, 1.54) is 16.0 Å². The molecule has 0 saturated heterocycles. The molecular formula is C14H20N4OS. The van der Waals surface area contributed by atoms with Crippen molar-refractivity contribution in [3.05, 3.63) is 27.5 Å². The third-order valence-electron chi connectivity index (χ3n) is 2.99. The molecule has 0 radical (unpaired) electrons. The lowest BCUT2D eigenvalue weighted by Gasteiger charge is -2.10. The summed E-state index contributed by atoms with van der Waals surface area (Å²) in [4.78, 5) is 16.9. The number of hydrogen-bond donors (Lipinski definition) is 1. The minimum atomic E-state index is -0.0785. The Kier molecular flexibility index (Phi) is 4.54. The molecule has 20 heavy (non-hydrogen) atoms. The van der Waals surface area contributed by atoms with E-state index in [-0.39, 0.29) is 11.5 Å². The predicted molar refractivity (Wildman–Crippen MR) is 83.5 cm³/mol. The second-order valence-corrected chi connectivity index (χ2v) is 5.68. The summed E-state index contributed by atoms with van der Waals surface area (Å²) in [6.07, 6.45) is 0. The molecule has 6 heteroatoms. The summed E-state index contributed by atoms with van der Waals surface area (Å²) in [5.74, 6) is 0.277. The average Bonchev–Trinajstić information content (AvgIpc) is 2.87. The van der Waals surface area contributed by atoms with Gasteiger partial charge in [-0.25, -0.2) is 9.67 Å². The van der Waals surface area contributed by atoms with Crippen molar-refractivity contribution >= 4 is 16.5 Å². The van der Waals surface area contributed by atoms with Gasteiger partial charge in [0.15, 0.2) is 5.13 Å². The van der Waals surface area contributed by atoms with E-state index in [1.54, 1.807) is 0 Å². The number of nitrogens with one attached hydrogen (secondary N) is 1. The van der Waals surface area contributed by atoms with Gasteiger partial charge in [0.1, 0.15) is 0 Å². The van der Waals surface area contributed by atoms with Gasteiger partial charge >= 0.3 is 0 Å². The summed E-state index contributed by atoms with van der Waals surface area (Å²) in [6.45, 7) is 9.47. The standard InChI is InChI=1S/C14H20N4OS/c1-5-15-14-16-12(8-20-14)10-7-11(9(3)4)17-18(6-2)13(10)19/h7-9H,5-6H2,1-4H3,(H,15,16). The van der Waals surface area contributed by atoms with Crippen molar-refractivity contribution in [3.8, 4) is 11.3 Å². The van der Waals surface area contributed by atoms with Crippen molar-refractivity contribution in [2.24, 2.45) is 0 Å². The van der Waals surface area contributed by atoms with E-state index in [2.05, 4.69) is 29.2 Å². The summed E-state index contributed by atoms with van der Waals surface area (Å²) in [5, 5.41) is 10.3. The molecule has 0 saturated carbocycles. The van der Waals surface area contributed by atoms with E-state index in [0.29, 0.717) is 12.1 Å². The lowest BCUT2D eigenvalue weighted by atomic mass is 10.1. The van der Waals surface area contributed by atoms with Crippen LogP contribution < -0.4 is 10.9 Å². The first-order chi connectivity index (χ1) is 9.56. The molecule has 2 heterocycles. The summed E-state index contributed by atoms with van der Waals surface area (Å²) in [6, 6.07) is 1.87. The quantitative estimate of drug-likeness (QED) is 0.920. The molecule has 2 aromatic rings. The first-order valence-corrected chi connectivity index (χ1v) is 7.76. The molecule has 0 aliphatic rings. The highest BCUT2D eigenvalue weighted by Gasteiger charge is 2.14. The Morgan fingerprint density at radius 1 is 1.40 bits per heavy atom. The van der Waals surface area contributed by atoms with Crippen LogP contribution >= 0.6 is 11.3 Å². The fourth-order valence-corrected chi connectivity index (χ4v) is 2.65. The summed E-state index contributed by atoms with van der Waals surface area (Å²) < 4.78 is 1.51. The van der Waals surface area contributed by atoms with Gasteiger partial charge in [0.2, 0.25) is 0 Å². The zero-order valence-corrected chi connectivity index (χ0v) is 13.1. The van der Waals surface area contributed by atoms with Crippen LogP contribution in [0.4, 0.5) is 5.13 Å². The third kappa shape index (κ3) is 2.90. The van der Waals surface area contributed by atoms with Crippen molar-refractivity contribution in [2.45, 2.75) is 40.2 Å². The molecule has 0 unspecified atom stereocenters. The maximum Gasteiger partial charge on any atom is 0.276 e. The lowest BCUT2D eigenvalue weighted by molar-refractivity contribution is 0.587. The molecule has 0 amide bonds. The molecule has 0 aliphatic heterocycles. The van der Waals surface area contributed by atoms with Gasteiger partial charge in [0.05, 0.1) is 17.0 Å². The Bertz CT molecular complexity index is 645. The number of hydrogen-bond acceptors (Lipinski definition) is 5. The molecule has 5 nitrogen and oxygen atoms in total. The van der Waals surface area contributed by atoms with Crippen LogP contribution in [0.1, 0.15) is 39.3 Å². The van der Waals surface area contributed by atoms with E-state index in [0.717, 1.165) is 23.1 Å². The van der Waals surface area contributed by atoms with Crippen LogP contribution in [0.5, 0.6) is 0 Å². The molecule has 0 aromatic carbocycles. The van der Waals surface area contributed by atoms with Crippen molar-refractivity contribution in [1.82, 2.24) is 14.8 Å². The van der Waals surface area contributed by atoms with Crippen molar-refractivity contribution in [1.29, 1.82) is 0 Å². The van der Waals surface area contributed by atoms with Gasteiger partial charge in [0, 0.05) is 18.5 Å². The second kappa shape index (κ2) is 6.17. The number of rotatable bonds is 5. The monoisotopic (exact) mass is 292 g/mol. The predicted octanol–water partition coefficient (Wildman–Crippen LogP) is 2.94. The molecule has 0 spiro atoms. The Morgan fingerprint density at radius 3 is 2.75 bits per heavy atom. The minimum absolute atomic E-state index is 0.0785. The van der Waals surface area contributed by atoms with Gasteiger partial charge in [-0.15, -0.1) is 11.3 Å². The zero-order chi connectivity index (χ0) is 14.7. The molecule has 2 aromatic heterocycles. The minimum Gasteiger partial charge on any atom is -0.362 e. The molecule has 0 aliphatic carbocycles. The van der Waals surface area contributed by atoms with Gasteiger partial charge in [-0.3, -0.25) is 4.79 Å². The van der Waals surface area contributed by atoms with E-state index in [4.69, 9.17) is 0 Å². The number of aryl methyl sites for hydroxylation is 1. The van der Waals surface area contributed by atoms with Crippen LogP contribution in [-0.2, 0) is 6.54 Å². The van der Waals surface area contributed by atoms with Crippen LogP contribution in [0.3, 0.4) is 0 Å². The van der Waals surface area contributed by atoms with Crippen LogP contribution in [0.25, 0.3) is 11.3 Å². The molecular weight excluding hydrogens is 272 g/mol. The molecule has 0 bridgehead atoms. The van der Waals surface area contributed by atoms with Gasteiger partial charge in [-0.1, -0.05) is 13.8 Å². The third-order valence-corrected chi connectivity index (χ3v) is 3.79. The van der Waals surface area contributed by atoms with E-state index in [9.17, 15) is 4.79 Å². The topological polar surface area (TPSA) is 59.8 Å². The van der Waals surface area contributed by atoms with Crippen LogP contribution in [0.2, 0.25) is 0 Å². The molecule has 1 N–H and O–H groups in total. The van der Waals surface area contributed by atoms with Crippen LogP contribution in [0, 0.1) is 0 Å². The van der Waals surface area contributed by atoms with E-state index in [1.807, 2.05) is 25.3 Å².